The van der Waals surface area contributed by atoms with Gasteiger partial charge in [0.1, 0.15) is 0 Å². The molecule has 0 saturated heterocycles. The van der Waals surface area contributed by atoms with Gasteiger partial charge < -0.3 is 10.1 Å². The zero-order valence-electron chi connectivity index (χ0n) is 13.1. The topological polar surface area (TPSA) is 119 Å². The van der Waals surface area contributed by atoms with E-state index in [4.69, 9.17) is 4.74 Å². The number of aryl methyl sites for hydroxylation is 1. The summed E-state index contributed by atoms with van der Waals surface area (Å²) in [6.07, 6.45) is 0. The van der Waals surface area contributed by atoms with Crippen molar-refractivity contribution in [3.8, 4) is 0 Å². The Hall–Kier alpha value is -2.04. The third-order valence-electron chi connectivity index (χ3n) is 3.07. The molecule has 0 bridgehead atoms. The molecule has 1 aromatic rings. The van der Waals surface area contributed by atoms with E-state index in [1.54, 1.807) is 0 Å². The van der Waals surface area contributed by atoms with Crippen LogP contribution in [-0.4, -0.2) is 57.4 Å². The van der Waals surface area contributed by atoms with Gasteiger partial charge in [0.05, 0.1) is 23.0 Å². The van der Waals surface area contributed by atoms with Crippen molar-refractivity contribution in [2.24, 2.45) is 0 Å². The lowest BCUT2D eigenvalue weighted by Gasteiger charge is -2.18. The van der Waals surface area contributed by atoms with Gasteiger partial charge in [-0.05, 0) is 12.5 Å². The first-order valence-electron chi connectivity index (χ1n) is 6.67. The number of sulfonamides is 1. The van der Waals surface area contributed by atoms with Crippen LogP contribution >= 0.6 is 0 Å². The summed E-state index contributed by atoms with van der Waals surface area (Å²) in [6.45, 7) is 1.71. The number of likely N-dealkylation sites (N-methyl/N-ethyl adjacent to an activating group) is 1. The van der Waals surface area contributed by atoms with E-state index in [1.807, 2.05) is 0 Å². The number of amides is 1. The molecular formula is C13H19N3O6S. The van der Waals surface area contributed by atoms with Gasteiger partial charge in [-0.25, -0.2) is 8.42 Å². The Bertz CT molecular complexity index is 689. The zero-order chi connectivity index (χ0) is 17.6. The Kier molecular flexibility index (Phi) is 6.61. The molecule has 0 fully saturated rings. The molecule has 0 aromatic heterocycles. The Labute approximate surface area is 134 Å². The maximum absolute atomic E-state index is 12.5. The number of nitro groups is 1. The van der Waals surface area contributed by atoms with Crippen LogP contribution in [0.2, 0.25) is 0 Å². The van der Waals surface area contributed by atoms with E-state index >= 15 is 0 Å². The lowest BCUT2D eigenvalue weighted by atomic mass is 10.2. The molecule has 23 heavy (non-hydrogen) atoms. The van der Waals surface area contributed by atoms with Crippen molar-refractivity contribution in [3.05, 3.63) is 33.9 Å². The number of benzene rings is 1. The Morgan fingerprint density at radius 1 is 1.43 bits per heavy atom. The van der Waals surface area contributed by atoms with Crippen molar-refractivity contribution in [1.82, 2.24) is 9.62 Å². The van der Waals surface area contributed by atoms with Gasteiger partial charge in [0.2, 0.25) is 15.9 Å². The number of non-ortho nitro benzene ring substituents is 1. The molecule has 0 atom stereocenters. The normalized spacial score (nSPS) is 11.5. The van der Waals surface area contributed by atoms with E-state index < -0.39 is 27.4 Å². The summed E-state index contributed by atoms with van der Waals surface area (Å²) >= 11 is 0. The van der Waals surface area contributed by atoms with Gasteiger partial charge in [-0.15, -0.1) is 0 Å². The second-order valence-corrected chi connectivity index (χ2v) is 6.82. The molecule has 0 saturated carbocycles. The van der Waals surface area contributed by atoms with Crippen LogP contribution in [-0.2, 0) is 19.6 Å². The van der Waals surface area contributed by atoms with Crippen LogP contribution in [0.1, 0.15) is 5.56 Å². The third-order valence-corrected chi connectivity index (χ3v) is 5.01. The molecule has 0 aliphatic carbocycles. The fourth-order valence-corrected chi connectivity index (χ4v) is 3.15. The highest BCUT2D eigenvalue weighted by atomic mass is 32.2. The number of carbonyl (C=O) groups is 1. The summed E-state index contributed by atoms with van der Waals surface area (Å²) in [6, 6.07) is 3.58. The lowest BCUT2D eigenvalue weighted by Crippen LogP contribution is -2.39. The third kappa shape index (κ3) is 4.98. The number of methoxy groups -OCH3 is 1. The van der Waals surface area contributed by atoms with Crippen LogP contribution in [0.3, 0.4) is 0 Å². The highest BCUT2D eigenvalue weighted by Crippen LogP contribution is 2.23. The fraction of sp³-hybridized carbons (Fsp3) is 0.462. The molecule has 9 nitrogen and oxygen atoms in total. The van der Waals surface area contributed by atoms with Gasteiger partial charge in [0.15, 0.2) is 0 Å². The molecule has 10 heteroatoms. The molecule has 1 aromatic carbocycles. The molecule has 0 aliphatic heterocycles. The summed E-state index contributed by atoms with van der Waals surface area (Å²) in [7, 11) is -1.29. The Morgan fingerprint density at radius 2 is 2.09 bits per heavy atom. The minimum absolute atomic E-state index is 0.195. The van der Waals surface area contributed by atoms with E-state index in [-0.39, 0.29) is 17.1 Å². The van der Waals surface area contributed by atoms with E-state index in [0.717, 1.165) is 10.4 Å². The Balaban J connectivity index is 2.95. The van der Waals surface area contributed by atoms with E-state index in [1.165, 1.54) is 33.2 Å². The number of hydrogen-bond acceptors (Lipinski definition) is 6. The standard InChI is InChI=1S/C13H19N3O6S/c1-10-4-5-11(16(18)19)8-12(10)23(20,21)15(2)9-13(17)14-6-7-22-3/h4-5,8H,6-7,9H2,1-3H3,(H,14,17). The minimum atomic E-state index is -4.01. The van der Waals surface area contributed by atoms with Crippen LogP contribution in [0.5, 0.6) is 0 Å². The van der Waals surface area contributed by atoms with Crippen molar-refractivity contribution < 1.29 is 22.9 Å². The van der Waals surface area contributed by atoms with E-state index in [2.05, 4.69) is 5.32 Å². The van der Waals surface area contributed by atoms with Crippen LogP contribution in [0.4, 0.5) is 5.69 Å². The van der Waals surface area contributed by atoms with Crippen molar-refractivity contribution in [2.75, 3.05) is 33.9 Å². The second-order valence-electron chi connectivity index (χ2n) is 4.81. The number of carbonyl (C=O) groups excluding carboxylic acids is 1. The lowest BCUT2D eigenvalue weighted by molar-refractivity contribution is -0.385. The Morgan fingerprint density at radius 3 is 2.65 bits per heavy atom. The molecule has 0 aliphatic rings. The summed E-state index contributed by atoms with van der Waals surface area (Å²) in [5.74, 6) is -0.490. The average molecular weight is 345 g/mol. The van der Waals surface area contributed by atoms with Gasteiger partial charge in [0, 0.05) is 32.8 Å². The predicted octanol–water partition coefficient (Wildman–Crippen LogP) is 0.286. The number of ether oxygens (including phenoxy) is 1. The number of nitro benzene ring substituents is 1. The van der Waals surface area contributed by atoms with Crippen molar-refractivity contribution >= 4 is 21.6 Å². The van der Waals surface area contributed by atoms with Gasteiger partial charge in [-0.1, -0.05) is 6.07 Å². The van der Waals surface area contributed by atoms with Crippen LogP contribution in [0.15, 0.2) is 23.1 Å². The van der Waals surface area contributed by atoms with Crippen LogP contribution in [0, 0.1) is 17.0 Å². The number of nitrogens with zero attached hydrogens (tertiary/aromatic N) is 2. The van der Waals surface area contributed by atoms with E-state index in [0.29, 0.717) is 12.2 Å². The molecule has 0 radical (unpaired) electrons. The molecule has 0 heterocycles. The smallest absolute Gasteiger partial charge is 0.270 e. The maximum Gasteiger partial charge on any atom is 0.270 e. The highest BCUT2D eigenvalue weighted by Gasteiger charge is 2.26. The molecule has 0 unspecified atom stereocenters. The monoisotopic (exact) mass is 345 g/mol. The van der Waals surface area contributed by atoms with Crippen LogP contribution < -0.4 is 5.32 Å². The molecule has 0 spiro atoms. The largest absolute Gasteiger partial charge is 0.383 e. The first kappa shape index (κ1) is 19.0. The number of nitrogens with one attached hydrogen (secondary N) is 1. The first-order valence-corrected chi connectivity index (χ1v) is 8.11. The first-order chi connectivity index (χ1) is 10.7. The average Bonchev–Trinajstić information content (AvgIpc) is 2.47. The molecule has 1 amide bonds. The zero-order valence-corrected chi connectivity index (χ0v) is 13.9. The summed E-state index contributed by atoms with van der Waals surface area (Å²) in [5, 5.41) is 13.3. The van der Waals surface area contributed by atoms with Crippen molar-refractivity contribution in [2.45, 2.75) is 11.8 Å². The molecule has 1 rings (SSSR count). The van der Waals surface area contributed by atoms with Gasteiger partial charge in [-0.3, -0.25) is 14.9 Å². The second kappa shape index (κ2) is 7.99. The molecule has 128 valence electrons. The summed E-state index contributed by atoms with van der Waals surface area (Å²) in [5.41, 5.74) is 0.0364. The van der Waals surface area contributed by atoms with E-state index in [9.17, 15) is 23.3 Å². The van der Waals surface area contributed by atoms with Gasteiger partial charge >= 0.3 is 0 Å². The van der Waals surface area contributed by atoms with Gasteiger partial charge in [0.25, 0.3) is 5.69 Å². The number of hydrogen-bond donors (Lipinski definition) is 1. The predicted molar refractivity (Wildman–Crippen MR) is 82.5 cm³/mol. The number of rotatable bonds is 8. The van der Waals surface area contributed by atoms with Crippen molar-refractivity contribution in [3.63, 3.8) is 0 Å². The highest BCUT2D eigenvalue weighted by molar-refractivity contribution is 7.89. The van der Waals surface area contributed by atoms with Crippen molar-refractivity contribution in [1.29, 1.82) is 0 Å². The van der Waals surface area contributed by atoms with Crippen LogP contribution in [0.25, 0.3) is 0 Å². The molecule has 1 N–H and O–H groups in total. The summed E-state index contributed by atoms with van der Waals surface area (Å²) < 4.78 is 30.6. The SMILES string of the molecule is COCCNC(=O)CN(C)S(=O)(=O)c1cc([N+](=O)[O-])ccc1C. The van der Waals surface area contributed by atoms with Gasteiger partial charge in [-0.2, -0.15) is 4.31 Å². The fourth-order valence-electron chi connectivity index (χ4n) is 1.78. The summed E-state index contributed by atoms with van der Waals surface area (Å²) in [4.78, 5) is 21.6. The minimum Gasteiger partial charge on any atom is -0.383 e. The maximum atomic E-state index is 12.5. The molecular weight excluding hydrogens is 326 g/mol. The quantitative estimate of drug-likeness (QED) is 0.411.